The minimum absolute atomic E-state index is 0.0224. The smallest absolute Gasteiger partial charge is 0.332 e. The lowest BCUT2D eigenvalue weighted by Crippen LogP contribution is -2.36. The first kappa shape index (κ1) is 14.9. The Hall–Kier alpha value is -1.14. The molecule has 0 bridgehead atoms. The third-order valence-electron chi connectivity index (χ3n) is 3.18. The van der Waals surface area contributed by atoms with Crippen LogP contribution in [0.1, 0.15) is 32.6 Å². The lowest BCUT2D eigenvalue weighted by Gasteiger charge is -2.15. The van der Waals surface area contributed by atoms with Gasteiger partial charge in [-0.2, -0.15) is 0 Å². The molecule has 1 saturated heterocycles. The number of carbonyl (C=O) groups excluding carboxylic acids is 1. The molecule has 1 rings (SSSR count). The molecule has 1 aliphatic rings. The van der Waals surface area contributed by atoms with Crippen molar-refractivity contribution in [3.63, 3.8) is 0 Å². The van der Waals surface area contributed by atoms with E-state index < -0.39 is 12.1 Å². The zero-order valence-corrected chi connectivity index (χ0v) is 10.7. The lowest BCUT2D eigenvalue weighted by atomic mass is 10.0. The molecule has 1 amide bonds. The molecule has 1 aliphatic heterocycles. The molecule has 6 heteroatoms. The zero-order valence-electron chi connectivity index (χ0n) is 10.7. The van der Waals surface area contributed by atoms with E-state index in [9.17, 15) is 9.59 Å². The molecule has 3 atom stereocenters. The second-order valence-corrected chi connectivity index (χ2v) is 4.74. The molecule has 1 heterocycles. The van der Waals surface area contributed by atoms with Crippen molar-refractivity contribution in [2.75, 3.05) is 13.1 Å². The Morgan fingerprint density at radius 2 is 2.22 bits per heavy atom. The molecule has 0 aromatic carbocycles. The van der Waals surface area contributed by atoms with Gasteiger partial charge in [0.15, 0.2) is 6.10 Å². The number of carboxylic acids is 1. The normalized spacial score (nSPS) is 24.8. The summed E-state index contributed by atoms with van der Waals surface area (Å²) in [5.41, 5.74) is 5.39. The van der Waals surface area contributed by atoms with Gasteiger partial charge in [-0.1, -0.05) is 6.92 Å². The minimum atomic E-state index is -0.930. The van der Waals surface area contributed by atoms with Crippen molar-refractivity contribution in [3.05, 3.63) is 0 Å². The molecule has 3 unspecified atom stereocenters. The molecule has 6 nitrogen and oxygen atoms in total. The Morgan fingerprint density at radius 1 is 1.50 bits per heavy atom. The van der Waals surface area contributed by atoms with Crippen molar-refractivity contribution in [2.45, 2.75) is 44.8 Å². The maximum absolute atomic E-state index is 11.7. The Labute approximate surface area is 107 Å². The second kappa shape index (κ2) is 7.33. The van der Waals surface area contributed by atoms with Gasteiger partial charge in [0.2, 0.25) is 5.91 Å². The third-order valence-corrected chi connectivity index (χ3v) is 3.18. The lowest BCUT2D eigenvalue weighted by molar-refractivity contribution is -0.149. The minimum Gasteiger partial charge on any atom is -0.479 e. The molecule has 0 saturated carbocycles. The summed E-state index contributed by atoms with van der Waals surface area (Å²) in [6.07, 6.45) is 1.88. The van der Waals surface area contributed by atoms with E-state index in [1.54, 1.807) is 0 Å². The van der Waals surface area contributed by atoms with E-state index in [-0.39, 0.29) is 17.9 Å². The highest BCUT2D eigenvalue weighted by molar-refractivity contribution is 5.78. The van der Waals surface area contributed by atoms with Crippen LogP contribution in [0.2, 0.25) is 0 Å². The van der Waals surface area contributed by atoms with E-state index in [2.05, 4.69) is 5.32 Å². The third kappa shape index (κ3) is 4.62. The quantitative estimate of drug-likeness (QED) is 0.601. The van der Waals surface area contributed by atoms with Crippen molar-refractivity contribution in [1.82, 2.24) is 5.32 Å². The van der Waals surface area contributed by atoms with Crippen molar-refractivity contribution in [1.29, 1.82) is 0 Å². The van der Waals surface area contributed by atoms with E-state index >= 15 is 0 Å². The van der Waals surface area contributed by atoms with E-state index in [4.69, 9.17) is 15.6 Å². The maximum atomic E-state index is 11.7. The van der Waals surface area contributed by atoms with Crippen LogP contribution >= 0.6 is 0 Å². The molecule has 0 spiro atoms. The van der Waals surface area contributed by atoms with Crippen LogP contribution in [0.4, 0.5) is 0 Å². The summed E-state index contributed by atoms with van der Waals surface area (Å²) in [7, 11) is 0. The van der Waals surface area contributed by atoms with Gasteiger partial charge < -0.3 is 20.9 Å². The van der Waals surface area contributed by atoms with Crippen LogP contribution in [0.3, 0.4) is 0 Å². The zero-order chi connectivity index (χ0) is 13.5. The summed E-state index contributed by atoms with van der Waals surface area (Å²) in [6, 6.07) is 0. The predicted molar refractivity (Wildman–Crippen MR) is 66.0 cm³/mol. The first-order valence-corrected chi connectivity index (χ1v) is 6.40. The van der Waals surface area contributed by atoms with Crippen LogP contribution in [0.15, 0.2) is 0 Å². The molecule has 104 valence electrons. The highest BCUT2D eigenvalue weighted by Gasteiger charge is 2.30. The number of carboxylic acid groups (broad SMARTS) is 1. The number of nitrogens with two attached hydrogens (primary N) is 1. The molecule has 0 aromatic rings. The molecule has 4 N–H and O–H groups in total. The summed E-state index contributed by atoms with van der Waals surface area (Å²) < 4.78 is 5.30. The van der Waals surface area contributed by atoms with Gasteiger partial charge in [-0.3, -0.25) is 4.79 Å². The Kier molecular flexibility index (Phi) is 6.07. The first-order valence-electron chi connectivity index (χ1n) is 6.40. The van der Waals surface area contributed by atoms with Crippen molar-refractivity contribution in [2.24, 2.45) is 11.7 Å². The van der Waals surface area contributed by atoms with E-state index in [0.717, 1.165) is 12.8 Å². The first-order chi connectivity index (χ1) is 8.54. The average molecular weight is 258 g/mol. The van der Waals surface area contributed by atoms with Crippen molar-refractivity contribution in [3.8, 4) is 0 Å². The van der Waals surface area contributed by atoms with Gasteiger partial charge in [0.25, 0.3) is 0 Å². The van der Waals surface area contributed by atoms with Gasteiger partial charge in [-0.05, 0) is 32.2 Å². The Bertz CT molecular complexity index is 296. The van der Waals surface area contributed by atoms with Crippen LogP contribution in [-0.4, -0.2) is 42.3 Å². The average Bonchev–Trinajstić information content (AvgIpc) is 2.81. The van der Waals surface area contributed by atoms with Gasteiger partial charge in [0, 0.05) is 12.5 Å². The monoisotopic (exact) mass is 258 g/mol. The Morgan fingerprint density at radius 3 is 2.78 bits per heavy atom. The predicted octanol–water partition coefficient (Wildman–Crippen LogP) is 0.110. The second-order valence-electron chi connectivity index (χ2n) is 4.74. The highest BCUT2D eigenvalue weighted by atomic mass is 16.5. The SMILES string of the molecule is CC(CCCN)C(=O)NCC1CCC(C(=O)O)O1. The number of amides is 1. The standard InChI is InChI=1S/C12H22N2O4/c1-8(3-2-6-13)11(15)14-7-9-4-5-10(18-9)12(16)17/h8-10H,2-7,13H2,1H3,(H,14,15)(H,16,17). The van der Waals surface area contributed by atoms with Gasteiger partial charge in [-0.15, -0.1) is 0 Å². The van der Waals surface area contributed by atoms with Crippen molar-refractivity contribution < 1.29 is 19.4 Å². The van der Waals surface area contributed by atoms with Gasteiger partial charge in [-0.25, -0.2) is 4.79 Å². The summed E-state index contributed by atoms with van der Waals surface area (Å²) in [4.78, 5) is 22.4. The van der Waals surface area contributed by atoms with Gasteiger partial charge >= 0.3 is 5.97 Å². The largest absolute Gasteiger partial charge is 0.479 e. The molecule has 18 heavy (non-hydrogen) atoms. The fourth-order valence-corrected chi connectivity index (χ4v) is 1.98. The molecular formula is C12H22N2O4. The fraction of sp³-hybridized carbons (Fsp3) is 0.833. The van der Waals surface area contributed by atoms with Crippen LogP contribution in [-0.2, 0) is 14.3 Å². The fourth-order valence-electron chi connectivity index (χ4n) is 1.98. The topological polar surface area (TPSA) is 102 Å². The molecule has 0 aliphatic carbocycles. The molecule has 1 fully saturated rings. The van der Waals surface area contributed by atoms with Gasteiger partial charge in [0.05, 0.1) is 6.10 Å². The highest BCUT2D eigenvalue weighted by Crippen LogP contribution is 2.19. The molecular weight excluding hydrogens is 236 g/mol. The van der Waals surface area contributed by atoms with E-state index in [0.29, 0.717) is 25.9 Å². The number of ether oxygens (including phenoxy) is 1. The van der Waals surface area contributed by atoms with E-state index in [1.165, 1.54) is 0 Å². The molecule has 0 radical (unpaired) electrons. The summed E-state index contributed by atoms with van der Waals surface area (Å²) in [5, 5.41) is 11.6. The number of carbonyl (C=O) groups is 2. The maximum Gasteiger partial charge on any atom is 0.332 e. The van der Waals surface area contributed by atoms with Crippen LogP contribution in [0.5, 0.6) is 0 Å². The number of hydrogen-bond acceptors (Lipinski definition) is 4. The molecule has 0 aromatic heterocycles. The van der Waals surface area contributed by atoms with Crippen LogP contribution < -0.4 is 11.1 Å². The number of aliphatic carboxylic acids is 1. The number of nitrogens with one attached hydrogen (secondary N) is 1. The van der Waals surface area contributed by atoms with Crippen molar-refractivity contribution >= 4 is 11.9 Å². The number of hydrogen-bond donors (Lipinski definition) is 3. The summed E-state index contributed by atoms with van der Waals surface area (Å²) >= 11 is 0. The van der Waals surface area contributed by atoms with Crippen LogP contribution in [0, 0.1) is 5.92 Å². The van der Waals surface area contributed by atoms with Crippen LogP contribution in [0.25, 0.3) is 0 Å². The summed E-state index contributed by atoms with van der Waals surface area (Å²) in [5.74, 6) is -1.02. The van der Waals surface area contributed by atoms with E-state index in [1.807, 2.05) is 6.92 Å². The van der Waals surface area contributed by atoms with Gasteiger partial charge in [0.1, 0.15) is 0 Å². The summed E-state index contributed by atoms with van der Waals surface area (Å²) in [6.45, 7) is 2.83. The Balaban J connectivity index is 2.21. The number of rotatable bonds is 7.